The van der Waals surface area contributed by atoms with Crippen LogP contribution in [0.3, 0.4) is 0 Å². The number of pyridine rings is 1. The smallest absolute Gasteiger partial charge is 0.278 e. The van der Waals surface area contributed by atoms with Crippen molar-refractivity contribution in [2.45, 2.75) is 13.5 Å². The minimum absolute atomic E-state index is 0.379. The Kier molecular flexibility index (Phi) is 3.62. The van der Waals surface area contributed by atoms with E-state index in [4.69, 9.17) is 15.9 Å². The molecule has 0 aliphatic carbocycles. The molecule has 0 fully saturated rings. The van der Waals surface area contributed by atoms with Crippen LogP contribution in [0.5, 0.6) is 0 Å². The molecule has 0 bridgehead atoms. The van der Waals surface area contributed by atoms with Gasteiger partial charge in [-0.25, -0.2) is 4.98 Å². The molecule has 3 aromatic heterocycles. The van der Waals surface area contributed by atoms with E-state index >= 15 is 0 Å². The second kappa shape index (κ2) is 6.28. The maximum atomic E-state index is 5.63. The van der Waals surface area contributed by atoms with E-state index in [2.05, 4.69) is 26.0 Å². The van der Waals surface area contributed by atoms with Crippen LogP contribution in [0.4, 0.5) is 0 Å². The summed E-state index contributed by atoms with van der Waals surface area (Å²) in [5.41, 5.74) is 5.65. The minimum atomic E-state index is 0.379. The Bertz CT molecular complexity index is 1260. The Morgan fingerprint density at radius 1 is 1.18 bits per heavy atom. The quantitative estimate of drug-likeness (QED) is 0.510. The third-order valence-electron chi connectivity index (χ3n) is 4.57. The van der Waals surface area contributed by atoms with Crippen molar-refractivity contribution >= 4 is 5.71 Å². The largest absolute Gasteiger partial charge is 0.332 e. The molecule has 28 heavy (non-hydrogen) atoms. The van der Waals surface area contributed by atoms with Gasteiger partial charge in [0.2, 0.25) is 0 Å². The molecule has 7 nitrogen and oxygen atoms in total. The van der Waals surface area contributed by atoms with Crippen molar-refractivity contribution in [2.24, 2.45) is 4.99 Å². The first-order valence-electron chi connectivity index (χ1n) is 8.69. The van der Waals surface area contributed by atoms with Gasteiger partial charge >= 0.3 is 0 Å². The number of nitrogens with zero attached hydrogens (tertiary/aromatic N) is 6. The van der Waals surface area contributed by atoms with Crippen LogP contribution in [-0.2, 0) is 6.54 Å². The highest BCUT2D eigenvalue weighted by Gasteiger charge is 2.25. The number of terminal acetylenes is 1. The Hall–Kier alpha value is -4.05. The Morgan fingerprint density at radius 3 is 2.86 bits per heavy atom. The van der Waals surface area contributed by atoms with Crippen LogP contribution >= 0.6 is 0 Å². The van der Waals surface area contributed by atoms with E-state index in [1.165, 1.54) is 0 Å². The average Bonchev–Trinajstić information content (AvgIpc) is 3.31. The van der Waals surface area contributed by atoms with E-state index in [0.29, 0.717) is 24.0 Å². The zero-order valence-corrected chi connectivity index (χ0v) is 15.0. The van der Waals surface area contributed by atoms with Gasteiger partial charge in [-0.15, -0.1) is 6.42 Å². The number of aromatic nitrogens is 5. The van der Waals surface area contributed by atoms with E-state index in [-0.39, 0.29) is 0 Å². The molecule has 0 amide bonds. The van der Waals surface area contributed by atoms with Gasteiger partial charge in [-0.1, -0.05) is 17.1 Å². The Balaban J connectivity index is 1.75. The number of benzene rings is 1. The standard InChI is InChI=1S/C21H14N6O/c1-3-14-7-8-17-15(10-14)19(16-6-4-5-9-22-16)23-11-18-20(24-12-27(17)18)21-25-13(2)26-28-21/h1,4-10,12H,11H2,2H3. The highest BCUT2D eigenvalue weighted by atomic mass is 16.5. The van der Waals surface area contributed by atoms with Crippen molar-refractivity contribution in [1.82, 2.24) is 24.7 Å². The predicted molar refractivity (Wildman–Crippen MR) is 103 cm³/mol. The number of aryl methyl sites for hydroxylation is 1. The van der Waals surface area contributed by atoms with Gasteiger partial charge < -0.3 is 4.52 Å². The van der Waals surface area contributed by atoms with Gasteiger partial charge in [0.05, 0.1) is 29.3 Å². The zero-order chi connectivity index (χ0) is 19.1. The molecule has 0 saturated carbocycles. The second-order valence-corrected chi connectivity index (χ2v) is 6.31. The molecule has 4 heterocycles. The molecule has 4 aromatic rings. The molecule has 5 rings (SSSR count). The lowest BCUT2D eigenvalue weighted by Gasteiger charge is -2.11. The topological polar surface area (TPSA) is 82.0 Å². The first kappa shape index (κ1) is 16.1. The molecule has 0 spiro atoms. The maximum absolute atomic E-state index is 5.63. The summed E-state index contributed by atoms with van der Waals surface area (Å²) in [6, 6.07) is 11.6. The van der Waals surface area contributed by atoms with E-state index in [1.54, 1.807) is 19.4 Å². The molecule has 7 heteroatoms. The fraction of sp³-hybridized carbons (Fsp3) is 0.0952. The summed E-state index contributed by atoms with van der Waals surface area (Å²) >= 11 is 0. The lowest BCUT2D eigenvalue weighted by molar-refractivity contribution is 0.424. The molecule has 0 atom stereocenters. The third-order valence-corrected chi connectivity index (χ3v) is 4.57. The zero-order valence-electron chi connectivity index (χ0n) is 15.0. The average molecular weight is 366 g/mol. The van der Waals surface area contributed by atoms with Crippen LogP contribution in [-0.4, -0.2) is 30.4 Å². The first-order valence-corrected chi connectivity index (χ1v) is 8.69. The molecule has 0 radical (unpaired) electrons. The summed E-state index contributed by atoms with van der Waals surface area (Å²) in [6.45, 7) is 2.17. The molecule has 1 aliphatic heterocycles. The van der Waals surface area contributed by atoms with Gasteiger partial charge in [-0.05, 0) is 37.3 Å². The number of imidazole rings is 1. The van der Waals surface area contributed by atoms with Gasteiger partial charge in [0.25, 0.3) is 5.89 Å². The van der Waals surface area contributed by atoms with Gasteiger partial charge in [-0.2, -0.15) is 4.98 Å². The Labute approximate surface area is 160 Å². The molecular formula is C21H14N6O. The number of hydrogen-bond donors (Lipinski definition) is 0. The normalized spacial score (nSPS) is 12.5. The highest BCUT2D eigenvalue weighted by Crippen LogP contribution is 2.30. The lowest BCUT2D eigenvalue weighted by atomic mass is 10.0. The van der Waals surface area contributed by atoms with E-state index in [1.807, 2.05) is 41.0 Å². The molecule has 0 unspecified atom stereocenters. The van der Waals surface area contributed by atoms with Crippen LogP contribution in [0, 0.1) is 19.3 Å². The fourth-order valence-electron chi connectivity index (χ4n) is 3.29. The van der Waals surface area contributed by atoms with Crippen LogP contribution in [0.2, 0.25) is 0 Å². The van der Waals surface area contributed by atoms with Crippen LogP contribution in [0.15, 0.2) is 58.4 Å². The van der Waals surface area contributed by atoms with Crippen molar-refractivity contribution < 1.29 is 4.52 Å². The summed E-state index contributed by atoms with van der Waals surface area (Å²) in [4.78, 5) is 18.1. The molecular weight excluding hydrogens is 352 g/mol. The minimum Gasteiger partial charge on any atom is -0.332 e. The van der Waals surface area contributed by atoms with Gasteiger partial charge in [-0.3, -0.25) is 14.5 Å². The maximum Gasteiger partial charge on any atom is 0.278 e. The summed E-state index contributed by atoms with van der Waals surface area (Å²) in [5, 5.41) is 3.87. The summed E-state index contributed by atoms with van der Waals surface area (Å²) < 4.78 is 7.32. The number of rotatable bonds is 2. The van der Waals surface area contributed by atoms with Crippen molar-refractivity contribution in [3.05, 3.63) is 77.3 Å². The van der Waals surface area contributed by atoms with Gasteiger partial charge in [0.1, 0.15) is 6.33 Å². The molecule has 1 aliphatic rings. The molecule has 0 N–H and O–H groups in total. The van der Waals surface area contributed by atoms with Crippen LogP contribution in [0.1, 0.15) is 28.3 Å². The number of fused-ring (bicyclic) bond motifs is 3. The SMILES string of the molecule is C#Cc1ccc2c(c1)C(c1ccccn1)=NCc1c(-c3nc(C)no3)ncn1-2. The van der Waals surface area contributed by atoms with Crippen molar-refractivity contribution in [2.75, 3.05) is 0 Å². The van der Waals surface area contributed by atoms with Crippen LogP contribution in [0.25, 0.3) is 17.3 Å². The summed E-state index contributed by atoms with van der Waals surface area (Å²) in [6.07, 6.45) is 9.13. The van der Waals surface area contributed by atoms with Crippen molar-refractivity contribution in [3.8, 4) is 29.6 Å². The first-order chi connectivity index (χ1) is 13.7. The second-order valence-electron chi connectivity index (χ2n) is 6.31. The fourth-order valence-corrected chi connectivity index (χ4v) is 3.29. The summed E-state index contributed by atoms with van der Waals surface area (Å²) in [7, 11) is 0. The number of hydrogen-bond acceptors (Lipinski definition) is 6. The third kappa shape index (κ3) is 2.51. The highest BCUT2D eigenvalue weighted by molar-refractivity contribution is 6.14. The van der Waals surface area contributed by atoms with Gasteiger partial charge in [0, 0.05) is 17.3 Å². The monoisotopic (exact) mass is 366 g/mol. The predicted octanol–water partition coefficient (Wildman–Crippen LogP) is 2.96. The molecule has 134 valence electrons. The van der Waals surface area contributed by atoms with E-state index in [0.717, 1.165) is 33.9 Å². The Morgan fingerprint density at radius 2 is 2.11 bits per heavy atom. The number of aliphatic imine (C=N–C) groups is 1. The van der Waals surface area contributed by atoms with Gasteiger partial charge in [0.15, 0.2) is 11.5 Å². The van der Waals surface area contributed by atoms with E-state index in [9.17, 15) is 0 Å². The molecule has 1 aromatic carbocycles. The lowest BCUT2D eigenvalue weighted by Crippen LogP contribution is -2.08. The van der Waals surface area contributed by atoms with Crippen molar-refractivity contribution in [1.29, 1.82) is 0 Å². The summed E-state index contributed by atoms with van der Waals surface area (Å²) in [5.74, 6) is 3.63. The van der Waals surface area contributed by atoms with Crippen LogP contribution < -0.4 is 0 Å². The van der Waals surface area contributed by atoms with E-state index < -0.39 is 0 Å². The molecule has 0 saturated heterocycles. The van der Waals surface area contributed by atoms with Crippen molar-refractivity contribution in [3.63, 3.8) is 0 Å².